The third kappa shape index (κ3) is 6.33. The van der Waals surface area contributed by atoms with Gasteiger partial charge in [-0.25, -0.2) is 0 Å². The lowest BCUT2D eigenvalue weighted by Gasteiger charge is -2.46. The van der Waals surface area contributed by atoms with Crippen LogP contribution in [0.15, 0.2) is 0 Å². The van der Waals surface area contributed by atoms with E-state index in [2.05, 4.69) is 5.32 Å². The lowest BCUT2D eigenvalue weighted by molar-refractivity contribution is -0.150. The van der Waals surface area contributed by atoms with E-state index in [1.807, 2.05) is 58.3 Å². The van der Waals surface area contributed by atoms with Crippen molar-refractivity contribution >= 4 is 17.7 Å². The minimum absolute atomic E-state index is 0.00737. The first-order chi connectivity index (χ1) is 11.4. The summed E-state index contributed by atoms with van der Waals surface area (Å²) in [5.74, 6) is 0.188. The van der Waals surface area contributed by atoms with Crippen LogP contribution in [-0.4, -0.2) is 58.7 Å². The number of carbonyl (C=O) groups is 3. The van der Waals surface area contributed by atoms with E-state index in [0.29, 0.717) is 32.4 Å². The van der Waals surface area contributed by atoms with Crippen LogP contribution in [0.3, 0.4) is 0 Å². The van der Waals surface area contributed by atoms with Gasteiger partial charge in [-0.15, -0.1) is 0 Å². The molecule has 2 atom stereocenters. The Labute approximate surface area is 152 Å². The number of hydrogen-bond donors (Lipinski definition) is 1. The Hall–Kier alpha value is -1.59. The zero-order valence-corrected chi connectivity index (χ0v) is 16.9. The molecule has 25 heavy (non-hydrogen) atoms. The minimum atomic E-state index is -0.407. The molecule has 1 fully saturated rings. The van der Waals surface area contributed by atoms with Crippen LogP contribution in [-0.2, 0) is 14.4 Å². The van der Waals surface area contributed by atoms with Crippen molar-refractivity contribution in [3.8, 4) is 0 Å². The maximum Gasteiger partial charge on any atom is 0.228 e. The highest BCUT2D eigenvalue weighted by atomic mass is 16.2. The molecule has 0 aromatic carbocycles. The van der Waals surface area contributed by atoms with Gasteiger partial charge in [0, 0.05) is 49.5 Å². The van der Waals surface area contributed by atoms with Crippen molar-refractivity contribution in [2.75, 3.05) is 13.1 Å². The number of nitrogens with one attached hydrogen (secondary N) is 1. The van der Waals surface area contributed by atoms with Crippen LogP contribution >= 0.6 is 0 Å². The Morgan fingerprint density at radius 3 is 2.00 bits per heavy atom. The molecule has 0 saturated carbocycles. The van der Waals surface area contributed by atoms with Crippen LogP contribution < -0.4 is 5.32 Å². The molecule has 0 unspecified atom stereocenters. The molecule has 3 amide bonds. The third-order valence-electron chi connectivity index (χ3n) is 4.38. The summed E-state index contributed by atoms with van der Waals surface area (Å²) in [6.07, 6.45) is 1.29. The largest absolute Gasteiger partial charge is 0.354 e. The van der Waals surface area contributed by atoms with Crippen LogP contribution in [0.25, 0.3) is 0 Å². The lowest BCUT2D eigenvalue weighted by Crippen LogP contribution is -2.61. The Morgan fingerprint density at radius 2 is 1.56 bits per heavy atom. The Morgan fingerprint density at radius 1 is 1.04 bits per heavy atom. The van der Waals surface area contributed by atoms with Gasteiger partial charge in [0.25, 0.3) is 0 Å². The second kappa shape index (κ2) is 8.68. The number of hydrogen-bond acceptors (Lipinski definition) is 3. The molecule has 6 heteroatoms. The van der Waals surface area contributed by atoms with Crippen LogP contribution in [0.1, 0.15) is 67.7 Å². The molecule has 1 aliphatic rings. The summed E-state index contributed by atoms with van der Waals surface area (Å²) in [4.78, 5) is 40.5. The summed E-state index contributed by atoms with van der Waals surface area (Å²) >= 11 is 0. The molecule has 1 N–H and O–H groups in total. The van der Waals surface area contributed by atoms with Crippen LogP contribution in [0.4, 0.5) is 0 Å². The predicted molar refractivity (Wildman–Crippen MR) is 98.9 cm³/mol. The van der Waals surface area contributed by atoms with E-state index in [1.54, 1.807) is 0 Å². The van der Waals surface area contributed by atoms with E-state index in [-0.39, 0.29) is 35.8 Å². The van der Waals surface area contributed by atoms with Crippen molar-refractivity contribution in [3.05, 3.63) is 0 Å². The van der Waals surface area contributed by atoms with Gasteiger partial charge in [0.15, 0.2) is 0 Å². The van der Waals surface area contributed by atoms with E-state index < -0.39 is 5.41 Å². The molecule has 0 spiro atoms. The quantitative estimate of drug-likeness (QED) is 0.823. The summed E-state index contributed by atoms with van der Waals surface area (Å²) in [6, 6.07) is 0.107. The van der Waals surface area contributed by atoms with Gasteiger partial charge in [-0.1, -0.05) is 20.8 Å². The monoisotopic (exact) mass is 353 g/mol. The van der Waals surface area contributed by atoms with Crippen molar-refractivity contribution in [2.45, 2.75) is 85.9 Å². The molecule has 0 bridgehead atoms. The molecule has 144 valence electrons. The molecule has 1 heterocycles. The minimum Gasteiger partial charge on any atom is -0.354 e. The van der Waals surface area contributed by atoms with Crippen molar-refractivity contribution in [2.24, 2.45) is 5.41 Å². The van der Waals surface area contributed by atoms with Gasteiger partial charge in [0.2, 0.25) is 17.7 Å². The van der Waals surface area contributed by atoms with E-state index in [4.69, 9.17) is 0 Å². The Kier molecular flexibility index (Phi) is 7.44. The molecule has 0 radical (unpaired) electrons. The first-order valence-electron chi connectivity index (χ1n) is 9.33. The maximum atomic E-state index is 12.6. The molecule has 1 saturated heterocycles. The van der Waals surface area contributed by atoms with Crippen LogP contribution in [0.2, 0.25) is 0 Å². The number of rotatable bonds is 5. The third-order valence-corrected chi connectivity index (χ3v) is 4.38. The van der Waals surface area contributed by atoms with Gasteiger partial charge < -0.3 is 15.1 Å². The fourth-order valence-corrected chi connectivity index (χ4v) is 3.38. The van der Waals surface area contributed by atoms with Gasteiger partial charge in [0.1, 0.15) is 0 Å². The maximum absolute atomic E-state index is 12.6. The van der Waals surface area contributed by atoms with E-state index in [0.717, 1.165) is 0 Å². The zero-order valence-electron chi connectivity index (χ0n) is 16.9. The molecular formula is C19H35N3O3. The highest BCUT2D eigenvalue weighted by Gasteiger charge is 2.37. The Balaban J connectivity index is 2.55. The van der Waals surface area contributed by atoms with Gasteiger partial charge >= 0.3 is 0 Å². The number of amides is 3. The average Bonchev–Trinajstić information content (AvgIpc) is 2.43. The molecule has 0 aromatic rings. The summed E-state index contributed by atoms with van der Waals surface area (Å²) < 4.78 is 0. The molecule has 1 aliphatic heterocycles. The summed E-state index contributed by atoms with van der Waals surface area (Å²) in [5.41, 5.74) is -0.407. The fraction of sp³-hybridized carbons (Fsp3) is 0.842. The molecular weight excluding hydrogens is 318 g/mol. The summed E-state index contributed by atoms with van der Waals surface area (Å²) in [6.45, 7) is 14.7. The molecule has 0 aromatic heterocycles. The molecule has 0 aliphatic carbocycles. The zero-order chi connectivity index (χ0) is 19.4. The second-order valence-corrected chi connectivity index (χ2v) is 8.53. The highest BCUT2D eigenvalue weighted by molar-refractivity contribution is 5.83. The number of nitrogens with zero attached hydrogens (tertiary/aromatic N) is 2. The standard InChI is InChI=1S/C19H35N3O3/c1-13(2)20-16(23)9-8-10-17(24)22-14(3)11-21(12-15(22)4)18(25)19(5,6)7/h13-15H,8-12H2,1-7H3,(H,20,23)/t14-,15-/m1/s1. The van der Waals surface area contributed by atoms with E-state index in [9.17, 15) is 14.4 Å². The summed E-state index contributed by atoms with van der Waals surface area (Å²) in [7, 11) is 0. The first-order valence-corrected chi connectivity index (χ1v) is 9.33. The van der Waals surface area contributed by atoms with Crippen molar-refractivity contribution in [1.82, 2.24) is 15.1 Å². The van der Waals surface area contributed by atoms with Gasteiger partial charge in [-0.3, -0.25) is 14.4 Å². The SMILES string of the molecule is CC(C)NC(=O)CCCC(=O)N1[C@H](C)CN(C(=O)C(C)(C)C)C[C@H]1C. The van der Waals surface area contributed by atoms with Gasteiger partial charge in [-0.05, 0) is 34.1 Å². The van der Waals surface area contributed by atoms with Crippen LogP contribution in [0.5, 0.6) is 0 Å². The molecule has 6 nitrogen and oxygen atoms in total. The Bertz CT molecular complexity index is 485. The highest BCUT2D eigenvalue weighted by Crippen LogP contribution is 2.23. The van der Waals surface area contributed by atoms with E-state index >= 15 is 0 Å². The smallest absolute Gasteiger partial charge is 0.228 e. The van der Waals surface area contributed by atoms with Gasteiger partial charge in [-0.2, -0.15) is 0 Å². The summed E-state index contributed by atoms with van der Waals surface area (Å²) in [5, 5.41) is 2.84. The van der Waals surface area contributed by atoms with Crippen molar-refractivity contribution < 1.29 is 14.4 Å². The number of piperazine rings is 1. The van der Waals surface area contributed by atoms with Crippen molar-refractivity contribution in [1.29, 1.82) is 0 Å². The topological polar surface area (TPSA) is 69.7 Å². The first kappa shape index (κ1) is 21.5. The fourth-order valence-electron chi connectivity index (χ4n) is 3.38. The number of carbonyl (C=O) groups excluding carboxylic acids is 3. The normalized spacial score (nSPS) is 21.4. The van der Waals surface area contributed by atoms with E-state index in [1.165, 1.54) is 0 Å². The van der Waals surface area contributed by atoms with Crippen LogP contribution in [0, 0.1) is 5.41 Å². The predicted octanol–water partition coefficient (Wildman–Crippen LogP) is 2.18. The van der Waals surface area contributed by atoms with Crippen molar-refractivity contribution in [3.63, 3.8) is 0 Å². The van der Waals surface area contributed by atoms with Gasteiger partial charge in [0.05, 0.1) is 0 Å². The average molecular weight is 354 g/mol. The second-order valence-electron chi connectivity index (χ2n) is 8.53. The molecule has 1 rings (SSSR count). The lowest BCUT2D eigenvalue weighted by atomic mass is 9.93.